The second kappa shape index (κ2) is 8.81. The van der Waals surface area contributed by atoms with E-state index in [4.69, 9.17) is 4.74 Å². The summed E-state index contributed by atoms with van der Waals surface area (Å²) in [6.07, 6.45) is -0.332. The van der Waals surface area contributed by atoms with Crippen molar-refractivity contribution in [3.8, 4) is 0 Å². The highest BCUT2D eigenvalue weighted by Crippen LogP contribution is 2.20. The SMILES string of the molecule is CC(NCCN(C(=O)OC(C)(C)C)C(C)C)c1ccc(Br)cc1F. The first-order chi connectivity index (χ1) is 11.0. The molecule has 1 aromatic carbocycles. The molecule has 24 heavy (non-hydrogen) atoms. The van der Waals surface area contributed by atoms with Crippen molar-refractivity contribution in [2.45, 2.75) is 59.2 Å². The highest BCUT2D eigenvalue weighted by Gasteiger charge is 2.24. The fraction of sp³-hybridized carbons (Fsp3) is 0.611. The fourth-order valence-electron chi connectivity index (χ4n) is 2.25. The van der Waals surface area contributed by atoms with Crippen LogP contribution in [0, 0.1) is 5.82 Å². The summed E-state index contributed by atoms with van der Waals surface area (Å²) in [5.74, 6) is -0.253. The molecule has 0 saturated carbocycles. The summed E-state index contributed by atoms with van der Waals surface area (Å²) in [6, 6.07) is 4.91. The fourth-order valence-corrected chi connectivity index (χ4v) is 2.58. The third-order valence-corrected chi connectivity index (χ3v) is 3.98. The minimum atomic E-state index is -0.522. The highest BCUT2D eigenvalue weighted by atomic mass is 79.9. The van der Waals surface area contributed by atoms with Gasteiger partial charge in [0, 0.05) is 35.2 Å². The number of nitrogens with one attached hydrogen (secondary N) is 1. The van der Waals surface area contributed by atoms with E-state index in [2.05, 4.69) is 21.2 Å². The Bertz CT molecular complexity index is 558. The maximum Gasteiger partial charge on any atom is 0.410 e. The molecule has 0 aromatic heterocycles. The van der Waals surface area contributed by atoms with Crippen LogP contribution in [0.5, 0.6) is 0 Å². The van der Waals surface area contributed by atoms with Gasteiger partial charge in [-0.1, -0.05) is 22.0 Å². The monoisotopic (exact) mass is 402 g/mol. The molecule has 0 spiro atoms. The summed E-state index contributed by atoms with van der Waals surface area (Å²) < 4.78 is 20.1. The van der Waals surface area contributed by atoms with Gasteiger partial charge in [-0.3, -0.25) is 0 Å². The van der Waals surface area contributed by atoms with Crippen LogP contribution in [-0.4, -0.2) is 35.7 Å². The van der Waals surface area contributed by atoms with Crippen molar-refractivity contribution in [3.05, 3.63) is 34.1 Å². The molecular formula is C18H28BrFN2O2. The van der Waals surface area contributed by atoms with E-state index >= 15 is 0 Å². The van der Waals surface area contributed by atoms with E-state index in [0.29, 0.717) is 23.1 Å². The number of ether oxygens (including phenoxy) is 1. The lowest BCUT2D eigenvalue weighted by molar-refractivity contribution is 0.0192. The summed E-state index contributed by atoms with van der Waals surface area (Å²) >= 11 is 3.25. The summed E-state index contributed by atoms with van der Waals surface area (Å²) in [5, 5.41) is 3.26. The van der Waals surface area contributed by atoms with Crippen LogP contribution >= 0.6 is 15.9 Å². The van der Waals surface area contributed by atoms with Crippen molar-refractivity contribution >= 4 is 22.0 Å². The predicted molar refractivity (Wildman–Crippen MR) is 98.6 cm³/mol. The van der Waals surface area contributed by atoms with Crippen molar-refractivity contribution < 1.29 is 13.9 Å². The molecule has 1 unspecified atom stereocenters. The summed E-state index contributed by atoms with van der Waals surface area (Å²) in [7, 11) is 0. The summed E-state index contributed by atoms with van der Waals surface area (Å²) in [4.78, 5) is 13.9. The first-order valence-corrected chi connectivity index (χ1v) is 8.98. The number of rotatable bonds is 6. The van der Waals surface area contributed by atoms with Crippen LogP contribution in [-0.2, 0) is 4.74 Å². The van der Waals surface area contributed by atoms with Gasteiger partial charge in [0.2, 0.25) is 0 Å². The predicted octanol–water partition coefficient (Wildman–Crippen LogP) is 4.88. The van der Waals surface area contributed by atoms with Crippen LogP contribution in [0.2, 0.25) is 0 Å². The molecule has 0 aliphatic heterocycles. The van der Waals surface area contributed by atoms with E-state index in [0.717, 1.165) is 0 Å². The molecule has 1 rings (SSSR count). The third-order valence-electron chi connectivity index (χ3n) is 3.48. The Balaban J connectivity index is 2.60. The van der Waals surface area contributed by atoms with Crippen LogP contribution in [0.3, 0.4) is 0 Å². The van der Waals surface area contributed by atoms with Crippen molar-refractivity contribution in [2.24, 2.45) is 0 Å². The number of nitrogens with zero attached hydrogens (tertiary/aromatic N) is 1. The number of halogens is 2. The standard InChI is InChI=1S/C18H28BrFN2O2/c1-12(2)22(17(23)24-18(4,5)6)10-9-21-13(3)15-8-7-14(19)11-16(15)20/h7-8,11-13,21H,9-10H2,1-6H3. The maximum absolute atomic E-state index is 14.0. The zero-order chi connectivity index (χ0) is 18.5. The molecule has 4 nitrogen and oxygen atoms in total. The number of benzene rings is 1. The van der Waals surface area contributed by atoms with Crippen molar-refractivity contribution in [3.63, 3.8) is 0 Å². The lowest BCUT2D eigenvalue weighted by Gasteiger charge is -2.30. The smallest absolute Gasteiger partial charge is 0.410 e. The van der Waals surface area contributed by atoms with E-state index in [9.17, 15) is 9.18 Å². The molecule has 0 radical (unpaired) electrons. The van der Waals surface area contributed by atoms with Crippen LogP contribution in [0.15, 0.2) is 22.7 Å². The quantitative estimate of drug-likeness (QED) is 0.736. The van der Waals surface area contributed by atoms with Crippen LogP contribution < -0.4 is 5.32 Å². The summed E-state index contributed by atoms with van der Waals surface area (Å²) in [5.41, 5.74) is 0.0810. The molecule has 1 atom stereocenters. The molecule has 0 bridgehead atoms. The van der Waals surface area contributed by atoms with Gasteiger partial charge in [-0.05, 0) is 53.7 Å². The van der Waals surface area contributed by atoms with Gasteiger partial charge >= 0.3 is 6.09 Å². The molecule has 1 N–H and O–H groups in total. The second-order valence-electron chi connectivity index (χ2n) is 7.11. The Morgan fingerprint density at radius 3 is 2.46 bits per heavy atom. The minimum absolute atomic E-state index is 0.0290. The van der Waals surface area contributed by atoms with Gasteiger partial charge in [0.1, 0.15) is 11.4 Å². The van der Waals surface area contributed by atoms with E-state index in [1.54, 1.807) is 11.0 Å². The third kappa shape index (κ3) is 6.77. The van der Waals surface area contributed by atoms with Crippen molar-refractivity contribution in [1.29, 1.82) is 0 Å². The Labute approximate surface area is 152 Å². The first-order valence-electron chi connectivity index (χ1n) is 8.19. The average Bonchev–Trinajstić information content (AvgIpc) is 2.40. The van der Waals surface area contributed by atoms with Gasteiger partial charge < -0.3 is 15.0 Å². The Kier molecular flexibility index (Phi) is 7.67. The average molecular weight is 403 g/mol. The van der Waals surface area contributed by atoms with Crippen LogP contribution in [0.4, 0.5) is 9.18 Å². The Hall–Kier alpha value is -1.14. The van der Waals surface area contributed by atoms with Gasteiger partial charge in [-0.25, -0.2) is 9.18 Å². The molecular weight excluding hydrogens is 375 g/mol. The van der Waals surface area contributed by atoms with Gasteiger partial charge in [-0.15, -0.1) is 0 Å². The zero-order valence-electron chi connectivity index (χ0n) is 15.3. The van der Waals surface area contributed by atoms with Gasteiger partial charge in [0.25, 0.3) is 0 Å². The first kappa shape index (κ1) is 20.9. The minimum Gasteiger partial charge on any atom is -0.444 e. The molecule has 0 heterocycles. The van der Waals surface area contributed by atoms with E-state index < -0.39 is 5.60 Å². The number of carbonyl (C=O) groups excluding carboxylic acids is 1. The molecule has 1 amide bonds. The number of hydrogen-bond donors (Lipinski definition) is 1. The van der Waals surface area contributed by atoms with Gasteiger partial charge in [-0.2, -0.15) is 0 Å². The lowest BCUT2D eigenvalue weighted by Crippen LogP contribution is -2.44. The van der Waals surface area contributed by atoms with Crippen LogP contribution in [0.1, 0.15) is 53.1 Å². The normalized spacial score (nSPS) is 13.0. The topological polar surface area (TPSA) is 41.6 Å². The molecule has 0 aliphatic rings. The van der Waals surface area contributed by atoms with Gasteiger partial charge in [0.15, 0.2) is 0 Å². The molecule has 136 valence electrons. The zero-order valence-corrected chi connectivity index (χ0v) is 16.9. The lowest BCUT2D eigenvalue weighted by atomic mass is 10.1. The highest BCUT2D eigenvalue weighted by molar-refractivity contribution is 9.10. The second-order valence-corrected chi connectivity index (χ2v) is 8.02. The molecule has 1 aromatic rings. The van der Waals surface area contributed by atoms with Crippen molar-refractivity contribution in [1.82, 2.24) is 10.2 Å². The molecule has 0 fully saturated rings. The van der Waals surface area contributed by atoms with E-state index in [1.807, 2.05) is 47.6 Å². The van der Waals surface area contributed by atoms with Crippen LogP contribution in [0.25, 0.3) is 0 Å². The maximum atomic E-state index is 14.0. The Morgan fingerprint density at radius 1 is 1.33 bits per heavy atom. The number of hydrogen-bond acceptors (Lipinski definition) is 3. The number of carbonyl (C=O) groups is 1. The summed E-state index contributed by atoms with van der Waals surface area (Å²) in [6.45, 7) is 12.4. The Morgan fingerprint density at radius 2 is 1.96 bits per heavy atom. The molecule has 6 heteroatoms. The van der Waals surface area contributed by atoms with Crippen molar-refractivity contribution in [2.75, 3.05) is 13.1 Å². The van der Waals surface area contributed by atoms with Gasteiger partial charge in [0.05, 0.1) is 0 Å². The molecule has 0 saturated heterocycles. The van der Waals surface area contributed by atoms with E-state index in [-0.39, 0.29) is 24.0 Å². The van der Waals surface area contributed by atoms with E-state index in [1.165, 1.54) is 6.07 Å². The largest absolute Gasteiger partial charge is 0.444 e. The number of amides is 1. The molecule has 0 aliphatic carbocycles.